The van der Waals surface area contributed by atoms with E-state index in [2.05, 4.69) is 11.4 Å². The first-order valence-corrected chi connectivity index (χ1v) is 8.11. The maximum absolute atomic E-state index is 12.2. The Balaban J connectivity index is 1.88. The summed E-state index contributed by atoms with van der Waals surface area (Å²) in [6.45, 7) is 4.01. The second-order valence-corrected chi connectivity index (χ2v) is 5.91. The van der Waals surface area contributed by atoms with Crippen LogP contribution in [0.3, 0.4) is 0 Å². The van der Waals surface area contributed by atoms with Crippen molar-refractivity contribution in [2.24, 2.45) is 0 Å². The minimum atomic E-state index is 0.00383. The van der Waals surface area contributed by atoms with Gasteiger partial charge in [0.25, 0.3) is 0 Å². The Kier molecular flexibility index (Phi) is 6.24. The monoisotopic (exact) mass is 327 g/mol. The molecule has 4 nitrogen and oxygen atoms in total. The van der Waals surface area contributed by atoms with Gasteiger partial charge in [-0.05, 0) is 61.6 Å². The highest BCUT2D eigenvalue weighted by molar-refractivity contribution is 5.92. The van der Waals surface area contributed by atoms with E-state index >= 15 is 0 Å². The highest BCUT2D eigenvalue weighted by Gasteiger charge is 2.08. The summed E-state index contributed by atoms with van der Waals surface area (Å²) in [6, 6.07) is 11.9. The summed E-state index contributed by atoms with van der Waals surface area (Å²) in [5.41, 5.74) is 4.14. The van der Waals surface area contributed by atoms with Crippen molar-refractivity contribution in [3.8, 4) is 11.5 Å². The molecule has 0 heterocycles. The van der Waals surface area contributed by atoms with Crippen molar-refractivity contribution >= 4 is 11.6 Å². The van der Waals surface area contributed by atoms with Crippen molar-refractivity contribution in [1.82, 2.24) is 0 Å². The first-order chi connectivity index (χ1) is 11.5. The van der Waals surface area contributed by atoms with Crippen LogP contribution in [0.25, 0.3) is 0 Å². The van der Waals surface area contributed by atoms with Crippen LogP contribution in [0.5, 0.6) is 11.5 Å². The molecule has 1 N–H and O–H groups in total. The maximum atomic E-state index is 12.2. The lowest BCUT2D eigenvalue weighted by Crippen LogP contribution is -2.12. The summed E-state index contributed by atoms with van der Waals surface area (Å²) >= 11 is 0. The average molecular weight is 327 g/mol. The van der Waals surface area contributed by atoms with Crippen molar-refractivity contribution in [1.29, 1.82) is 0 Å². The van der Waals surface area contributed by atoms with Gasteiger partial charge in [-0.25, -0.2) is 0 Å². The summed E-state index contributed by atoms with van der Waals surface area (Å²) in [4.78, 5) is 12.2. The van der Waals surface area contributed by atoms with E-state index in [0.717, 1.165) is 35.4 Å². The fourth-order valence-electron chi connectivity index (χ4n) is 2.68. The van der Waals surface area contributed by atoms with E-state index < -0.39 is 0 Å². The predicted molar refractivity (Wildman–Crippen MR) is 97.0 cm³/mol. The summed E-state index contributed by atoms with van der Waals surface area (Å²) < 4.78 is 10.5. The Morgan fingerprint density at radius 2 is 1.71 bits per heavy atom. The van der Waals surface area contributed by atoms with Gasteiger partial charge in [-0.2, -0.15) is 0 Å². The van der Waals surface area contributed by atoms with E-state index in [1.807, 2.05) is 44.2 Å². The molecule has 0 unspecified atom stereocenters. The molecule has 2 rings (SSSR count). The number of amides is 1. The van der Waals surface area contributed by atoms with E-state index in [9.17, 15) is 4.79 Å². The van der Waals surface area contributed by atoms with Crippen LogP contribution in [0.2, 0.25) is 0 Å². The average Bonchev–Trinajstić information content (AvgIpc) is 2.55. The number of carbonyl (C=O) groups is 1. The molecule has 4 heteroatoms. The number of methoxy groups -OCH3 is 2. The lowest BCUT2D eigenvalue weighted by Gasteiger charge is -2.11. The Hall–Kier alpha value is -2.49. The number of nitrogens with one attached hydrogen (secondary N) is 1. The summed E-state index contributed by atoms with van der Waals surface area (Å²) in [6.07, 6.45) is 2.14. The normalized spacial score (nSPS) is 10.3. The third-order valence-electron chi connectivity index (χ3n) is 3.96. The van der Waals surface area contributed by atoms with Crippen molar-refractivity contribution in [3.05, 3.63) is 53.1 Å². The molecule has 0 aliphatic heterocycles. The van der Waals surface area contributed by atoms with Gasteiger partial charge >= 0.3 is 0 Å². The SMILES string of the molecule is COc1ccc(CCCC(=O)Nc2cc(C)ccc2OC)cc1C. The predicted octanol–water partition coefficient (Wildman–Crippen LogP) is 4.28. The largest absolute Gasteiger partial charge is 0.496 e. The van der Waals surface area contributed by atoms with Crippen molar-refractivity contribution < 1.29 is 14.3 Å². The van der Waals surface area contributed by atoms with Gasteiger partial charge in [0.2, 0.25) is 5.91 Å². The number of hydrogen-bond acceptors (Lipinski definition) is 3. The molecular formula is C20H25NO3. The highest BCUT2D eigenvalue weighted by atomic mass is 16.5. The van der Waals surface area contributed by atoms with E-state index in [1.54, 1.807) is 14.2 Å². The van der Waals surface area contributed by atoms with Gasteiger partial charge in [-0.1, -0.05) is 18.2 Å². The van der Waals surface area contributed by atoms with Crippen LogP contribution in [0.4, 0.5) is 5.69 Å². The van der Waals surface area contributed by atoms with Crippen LogP contribution in [-0.4, -0.2) is 20.1 Å². The second-order valence-electron chi connectivity index (χ2n) is 5.91. The smallest absolute Gasteiger partial charge is 0.224 e. The van der Waals surface area contributed by atoms with E-state index in [4.69, 9.17) is 9.47 Å². The van der Waals surface area contributed by atoms with Gasteiger partial charge in [0.05, 0.1) is 19.9 Å². The summed E-state index contributed by atoms with van der Waals surface area (Å²) in [5.74, 6) is 1.58. The van der Waals surface area contributed by atoms with E-state index in [-0.39, 0.29) is 5.91 Å². The number of benzene rings is 2. The lowest BCUT2D eigenvalue weighted by atomic mass is 10.0. The number of anilines is 1. The number of hydrogen-bond donors (Lipinski definition) is 1. The van der Waals surface area contributed by atoms with Crippen molar-refractivity contribution in [2.75, 3.05) is 19.5 Å². The molecule has 0 aliphatic rings. The number of carbonyl (C=O) groups excluding carboxylic acids is 1. The maximum Gasteiger partial charge on any atom is 0.224 e. The molecule has 0 aliphatic carbocycles. The topological polar surface area (TPSA) is 47.6 Å². The Labute approximate surface area is 143 Å². The van der Waals surface area contributed by atoms with Crippen LogP contribution in [0.1, 0.15) is 29.5 Å². The molecule has 1 amide bonds. The van der Waals surface area contributed by atoms with Crippen molar-refractivity contribution in [2.45, 2.75) is 33.1 Å². The molecule has 128 valence electrons. The summed E-state index contributed by atoms with van der Waals surface area (Å²) in [5, 5.41) is 2.93. The van der Waals surface area contributed by atoms with Gasteiger partial charge in [-0.3, -0.25) is 4.79 Å². The summed E-state index contributed by atoms with van der Waals surface area (Å²) in [7, 11) is 3.28. The Morgan fingerprint density at radius 3 is 2.38 bits per heavy atom. The van der Waals surface area contributed by atoms with Crippen LogP contribution >= 0.6 is 0 Å². The van der Waals surface area contributed by atoms with E-state index in [0.29, 0.717) is 12.2 Å². The zero-order chi connectivity index (χ0) is 17.5. The highest BCUT2D eigenvalue weighted by Crippen LogP contribution is 2.25. The number of ether oxygens (including phenoxy) is 2. The van der Waals surface area contributed by atoms with E-state index in [1.165, 1.54) is 5.56 Å². The Bertz CT molecular complexity index is 710. The van der Waals surface area contributed by atoms with Crippen LogP contribution in [-0.2, 0) is 11.2 Å². The molecule has 24 heavy (non-hydrogen) atoms. The van der Waals surface area contributed by atoms with Gasteiger partial charge in [0.1, 0.15) is 11.5 Å². The molecule has 0 saturated heterocycles. The fourth-order valence-corrected chi connectivity index (χ4v) is 2.68. The first-order valence-electron chi connectivity index (χ1n) is 8.11. The quantitative estimate of drug-likeness (QED) is 0.825. The zero-order valence-electron chi connectivity index (χ0n) is 14.8. The zero-order valence-corrected chi connectivity index (χ0v) is 14.8. The number of rotatable bonds is 7. The molecular weight excluding hydrogens is 302 g/mol. The Morgan fingerprint density at radius 1 is 1.00 bits per heavy atom. The molecule has 2 aromatic rings. The van der Waals surface area contributed by atoms with Crippen LogP contribution in [0, 0.1) is 13.8 Å². The molecule has 0 spiro atoms. The fraction of sp³-hybridized carbons (Fsp3) is 0.350. The lowest BCUT2D eigenvalue weighted by molar-refractivity contribution is -0.116. The molecule has 2 aromatic carbocycles. The third-order valence-corrected chi connectivity index (χ3v) is 3.96. The first kappa shape index (κ1) is 17.9. The standard InChI is InChI=1S/C20H25NO3/c1-14-8-10-19(24-4)17(12-14)21-20(22)7-5-6-16-9-11-18(23-3)15(2)13-16/h8-13H,5-7H2,1-4H3,(H,21,22). The molecule has 0 radical (unpaired) electrons. The van der Waals surface area contributed by atoms with Gasteiger partial charge in [-0.15, -0.1) is 0 Å². The van der Waals surface area contributed by atoms with Crippen LogP contribution in [0.15, 0.2) is 36.4 Å². The minimum absolute atomic E-state index is 0.00383. The molecule has 0 atom stereocenters. The molecule has 0 fully saturated rings. The van der Waals surface area contributed by atoms with Gasteiger partial charge in [0.15, 0.2) is 0 Å². The molecule has 0 aromatic heterocycles. The third kappa shape index (κ3) is 4.75. The minimum Gasteiger partial charge on any atom is -0.496 e. The second kappa shape index (κ2) is 8.39. The number of aryl methyl sites for hydroxylation is 3. The van der Waals surface area contributed by atoms with Gasteiger partial charge in [0, 0.05) is 6.42 Å². The molecule has 0 saturated carbocycles. The van der Waals surface area contributed by atoms with Crippen molar-refractivity contribution in [3.63, 3.8) is 0 Å². The molecule has 0 bridgehead atoms. The van der Waals surface area contributed by atoms with Crippen LogP contribution < -0.4 is 14.8 Å². The van der Waals surface area contributed by atoms with Gasteiger partial charge < -0.3 is 14.8 Å².